The fourth-order valence-electron chi connectivity index (χ4n) is 2.41. The highest BCUT2D eigenvalue weighted by Gasteiger charge is 2.24. The molecule has 0 spiro atoms. The molecule has 2 aliphatic rings. The minimum atomic E-state index is 0.407. The van der Waals surface area contributed by atoms with Gasteiger partial charge in [-0.25, -0.2) is 5.01 Å². The van der Waals surface area contributed by atoms with Crippen LogP contribution in [0.1, 0.15) is 31.2 Å². The first-order valence-electron chi connectivity index (χ1n) is 7.25. The van der Waals surface area contributed by atoms with Crippen molar-refractivity contribution < 1.29 is 4.74 Å². The highest BCUT2D eigenvalue weighted by atomic mass is 35.5. The summed E-state index contributed by atoms with van der Waals surface area (Å²) >= 11 is 6.26. The molecule has 3 nitrogen and oxygen atoms in total. The summed E-state index contributed by atoms with van der Waals surface area (Å²) in [5.41, 5.74) is 4.68. The van der Waals surface area contributed by atoms with Crippen LogP contribution in [0.4, 0.5) is 0 Å². The van der Waals surface area contributed by atoms with Gasteiger partial charge in [0, 0.05) is 19.6 Å². The van der Waals surface area contributed by atoms with Gasteiger partial charge in [-0.15, -0.1) is 0 Å². The smallest absolute Gasteiger partial charge is 0.138 e. The Balaban J connectivity index is 1.48. The molecule has 1 N–H and O–H groups in total. The maximum atomic E-state index is 6.26. The van der Waals surface area contributed by atoms with Gasteiger partial charge < -0.3 is 4.74 Å². The van der Waals surface area contributed by atoms with Crippen LogP contribution >= 0.6 is 11.6 Å². The zero-order valence-corrected chi connectivity index (χ0v) is 12.0. The summed E-state index contributed by atoms with van der Waals surface area (Å²) in [5, 5.41) is 3.07. The number of hydrazine groups is 1. The van der Waals surface area contributed by atoms with Crippen molar-refractivity contribution in [3.63, 3.8) is 0 Å². The van der Waals surface area contributed by atoms with Crippen molar-refractivity contribution in [1.29, 1.82) is 0 Å². The lowest BCUT2D eigenvalue weighted by atomic mass is 10.1. The first kappa shape index (κ1) is 13.2. The lowest BCUT2D eigenvalue weighted by Gasteiger charge is -2.15. The van der Waals surface area contributed by atoms with E-state index in [1.165, 1.54) is 31.4 Å². The maximum absolute atomic E-state index is 6.26. The predicted molar refractivity (Wildman–Crippen MR) is 77.6 cm³/mol. The Kier molecular flexibility index (Phi) is 4.26. The molecule has 0 bridgehead atoms. The van der Waals surface area contributed by atoms with Crippen LogP contribution in [0.3, 0.4) is 0 Å². The van der Waals surface area contributed by atoms with Gasteiger partial charge in [-0.3, -0.25) is 5.43 Å². The largest absolute Gasteiger partial charge is 0.489 e. The lowest BCUT2D eigenvalue weighted by molar-refractivity contribution is 0.250. The number of hydrogen-bond donors (Lipinski definition) is 1. The summed E-state index contributed by atoms with van der Waals surface area (Å²) in [5.74, 6) is 0.842. The summed E-state index contributed by atoms with van der Waals surface area (Å²) in [7, 11) is 0. The molecule has 3 rings (SSSR count). The van der Waals surface area contributed by atoms with E-state index in [1.54, 1.807) is 0 Å². The summed E-state index contributed by atoms with van der Waals surface area (Å²) in [4.78, 5) is 0. The van der Waals surface area contributed by atoms with Crippen LogP contribution in [0.15, 0.2) is 18.2 Å². The van der Waals surface area contributed by atoms with Crippen molar-refractivity contribution in [2.24, 2.45) is 0 Å². The van der Waals surface area contributed by atoms with Crippen molar-refractivity contribution in [1.82, 2.24) is 10.4 Å². The topological polar surface area (TPSA) is 24.5 Å². The van der Waals surface area contributed by atoms with Gasteiger partial charge in [-0.05, 0) is 49.8 Å². The number of rotatable bonds is 6. The molecule has 0 aromatic heterocycles. The van der Waals surface area contributed by atoms with Gasteiger partial charge in [0.05, 0.1) is 11.1 Å². The molecule has 19 heavy (non-hydrogen) atoms. The number of ether oxygens (including phenoxy) is 1. The third-order valence-electron chi connectivity index (χ3n) is 3.65. The Morgan fingerprint density at radius 3 is 2.95 bits per heavy atom. The quantitative estimate of drug-likeness (QED) is 0.867. The average Bonchev–Trinajstić information content (AvgIpc) is 3.06. The molecule has 1 aliphatic carbocycles. The van der Waals surface area contributed by atoms with Crippen molar-refractivity contribution in [3.05, 3.63) is 28.8 Å². The van der Waals surface area contributed by atoms with Crippen LogP contribution < -0.4 is 10.2 Å². The standard InChI is InChI=1S/C15H21ClN2O/c16-14-11-12(3-1-9-18-10-2-8-17-18)4-7-15(14)19-13-5-6-13/h4,7,11,13,17H,1-3,5-6,8-10H2. The second kappa shape index (κ2) is 6.12. The monoisotopic (exact) mass is 280 g/mol. The average molecular weight is 281 g/mol. The van der Waals surface area contributed by atoms with Crippen molar-refractivity contribution >= 4 is 11.6 Å². The molecule has 1 heterocycles. The number of aryl methyl sites for hydroxylation is 1. The molecule has 1 aliphatic heterocycles. The van der Waals surface area contributed by atoms with Gasteiger partial charge >= 0.3 is 0 Å². The van der Waals surface area contributed by atoms with E-state index in [2.05, 4.69) is 22.6 Å². The molecule has 0 amide bonds. The molecule has 1 saturated carbocycles. The van der Waals surface area contributed by atoms with Crippen molar-refractivity contribution in [3.8, 4) is 5.75 Å². The van der Waals surface area contributed by atoms with Crippen LogP contribution in [-0.2, 0) is 6.42 Å². The zero-order valence-electron chi connectivity index (χ0n) is 11.2. The fourth-order valence-corrected chi connectivity index (χ4v) is 2.66. The summed E-state index contributed by atoms with van der Waals surface area (Å²) in [6.07, 6.45) is 6.24. The summed E-state index contributed by atoms with van der Waals surface area (Å²) in [6.45, 7) is 3.41. The normalized spacial score (nSPS) is 19.8. The second-order valence-corrected chi connectivity index (χ2v) is 5.84. The van der Waals surface area contributed by atoms with Gasteiger partial charge in [0.1, 0.15) is 5.75 Å². The number of hydrogen-bond acceptors (Lipinski definition) is 3. The van der Waals surface area contributed by atoms with Gasteiger partial charge in [-0.2, -0.15) is 0 Å². The first-order chi connectivity index (χ1) is 9.31. The fraction of sp³-hybridized carbons (Fsp3) is 0.600. The van der Waals surface area contributed by atoms with E-state index < -0.39 is 0 Å². The highest BCUT2D eigenvalue weighted by molar-refractivity contribution is 6.32. The van der Waals surface area contributed by atoms with E-state index in [9.17, 15) is 0 Å². The molecule has 0 unspecified atom stereocenters. The maximum Gasteiger partial charge on any atom is 0.138 e. The van der Waals surface area contributed by atoms with E-state index in [1.807, 2.05) is 6.07 Å². The van der Waals surface area contributed by atoms with Crippen LogP contribution in [-0.4, -0.2) is 30.7 Å². The van der Waals surface area contributed by atoms with E-state index >= 15 is 0 Å². The molecule has 1 aromatic carbocycles. The SMILES string of the molecule is Clc1cc(CCCN2CCCN2)ccc1OC1CC1. The Bertz CT molecular complexity index is 428. The number of halogens is 1. The highest BCUT2D eigenvalue weighted by Crippen LogP contribution is 2.32. The van der Waals surface area contributed by atoms with Crippen LogP contribution in [0.2, 0.25) is 5.02 Å². The Hall–Kier alpha value is -0.770. The zero-order chi connectivity index (χ0) is 13.1. The summed E-state index contributed by atoms with van der Waals surface area (Å²) < 4.78 is 5.75. The van der Waals surface area contributed by atoms with Crippen molar-refractivity contribution in [2.75, 3.05) is 19.6 Å². The van der Waals surface area contributed by atoms with Crippen LogP contribution in [0.5, 0.6) is 5.75 Å². The number of benzene rings is 1. The molecule has 1 saturated heterocycles. The molecular formula is C15H21ClN2O. The molecular weight excluding hydrogens is 260 g/mol. The number of nitrogens with one attached hydrogen (secondary N) is 1. The Labute approximate surface area is 119 Å². The minimum Gasteiger partial charge on any atom is -0.489 e. The third-order valence-corrected chi connectivity index (χ3v) is 3.94. The lowest BCUT2D eigenvalue weighted by Crippen LogP contribution is -2.31. The Morgan fingerprint density at radius 2 is 2.26 bits per heavy atom. The van der Waals surface area contributed by atoms with E-state index in [4.69, 9.17) is 16.3 Å². The van der Waals surface area contributed by atoms with Gasteiger partial charge in [-0.1, -0.05) is 17.7 Å². The predicted octanol–water partition coefficient (Wildman–Crippen LogP) is 3.02. The second-order valence-electron chi connectivity index (χ2n) is 5.43. The minimum absolute atomic E-state index is 0.407. The van der Waals surface area contributed by atoms with E-state index in [0.29, 0.717) is 6.10 Å². The molecule has 0 radical (unpaired) electrons. The van der Waals surface area contributed by atoms with E-state index in [0.717, 1.165) is 36.7 Å². The van der Waals surface area contributed by atoms with Crippen LogP contribution in [0, 0.1) is 0 Å². The molecule has 4 heteroatoms. The van der Waals surface area contributed by atoms with Gasteiger partial charge in [0.25, 0.3) is 0 Å². The molecule has 1 aromatic rings. The van der Waals surface area contributed by atoms with E-state index in [-0.39, 0.29) is 0 Å². The molecule has 2 fully saturated rings. The third kappa shape index (κ3) is 3.85. The van der Waals surface area contributed by atoms with Crippen molar-refractivity contribution in [2.45, 2.75) is 38.2 Å². The van der Waals surface area contributed by atoms with Crippen LogP contribution in [0.25, 0.3) is 0 Å². The molecule has 0 atom stereocenters. The van der Waals surface area contributed by atoms with Gasteiger partial charge in [0.15, 0.2) is 0 Å². The molecule has 104 valence electrons. The summed E-state index contributed by atoms with van der Waals surface area (Å²) in [6, 6.07) is 6.21. The number of nitrogens with zero attached hydrogens (tertiary/aromatic N) is 1. The Morgan fingerprint density at radius 1 is 1.37 bits per heavy atom. The van der Waals surface area contributed by atoms with Gasteiger partial charge in [0.2, 0.25) is 0 Å². The first-order valence-corrected chi connectivity index (χ1v) is 7.62.